The summed E-state index contributed by atoms with van der Waals surface area (Å²) in [7, 11) is 0. The van der Waals surface area contributed by atoms with E-state index in [1.165, 1.54) is 13.0 Å². The van der Waals surface area contributed by atoms with Gasteiger partial charge in [-0.1, -0.05) is 19.6 Å². The fraction of sp³-hybridized carbons (Fsp3) is 0.333. The molecule has 11 heavy (non-hydrogen) atoms. The fourth-order valence-corrected chi connectivity index (χ4v) is 0.667. The average molecular weight is 158 g/mol. The molecule has 0 fully saturated rings. The number of halogens is 2. The van der Waals surface area contributed by atoms with E-state index in [0.29, 0.717) is 12.0 Å². The molecule has 0 atom stereocenters. The maximum absolute atomic E-state index is 12.5. The zero-order chi connectivity index (χ0) is 8.85. The second-order valence-corrected chi connectivity index (χ2v) is 2.19. The van der Waals surface area contributed by atoms with Crippen molar-refractivity contribution in [3.8, 4) is 0 Å². The maximum atomic E-state index is 12.5. The van der Waals surface area contributed by atoms with Gasteiger partial charge in [-0.05, 0) is 25.0 Å². The minimum absolute atomic E-state index is 0.273. The van der Waals surface area contributed by atoms with Crippen LogP contribution in [0.1, 0.15) is 20.3 Å². The van der Waals surface area contributed by atoms with Gasteiger partial charge in [-0.3, -0.25) is 0 Å². The lowest BCUT2D eigenvalue weighted by Crippen LogP contribution is -1.77. The average Bonchev–Trinajstić information content (AvgIpc) is 1.87. The maximum Gasteiger partial charge on any atom is 0.116 e. The molecule has 0 amide bonds. The highest BCUT2D eigenvalue weighted by molar-refractivity contribution is 5.24. The Hall–Kier alpha value is -0.920. The minimum atomic E-state index is -0.558. The van der Waals surface area contributed by atoms with Gasteiger partial charge in [-0.2, -0.15) is 0 Å². The first-order chi connectivity index (χ1) is 5.07. The van der Waals surface area contributed by atoms with Gasteiger partial charge in [0.05, 0.1) is 5.83 Å². The Morgan fingerprint density at radius 1 is 1.36 bits per heavy atom. The predicted octanol–water partition coefficient (Wildman–Crippen LogP) is 3.68. The molecule has 0 unspecified atom stereocenters. The summed E-state index contributed by atoms with van der Waals surface area (Å²) in [6.07, 6.45) is 3.12. The van der Waals surface area contributed by atoms with E-state index in [0.717, 1.165) is 6.08 Å². The van der Waals surface area contributed by atoms with Crippen LogP contribution >= 0.6 is 0 Å². The summed E-state index contributed by atoms with van der Waals surface area (Å²) in [5, 5.41) is 0. The monoisotopic (exact) mass is 158 g/mol. The predicted molar refractivity (Wildman–Crippen MR) is 43.5 cm³/mol. The SMILES string of the molecule is C=C(F)/C=C\C(CC)=C(/C)F. The summed E-state index contributed by atoms with van der Waals surface area (Å²) in [4.78, 5) is 0. The van der Waals surface area contributed by atoms with E-state index >= 15 is 0 Å². The van der Waals surface area contributed by atoms with Crippen LogP contribution in [0.2, 0.25) is 0 Å². The lowest BCUT2D eigenvalue weighted by Gasteiger charge is -1.95. The molecule has 0 radical (unpaired) electrons. The van der Waals surface area contributed by atoms with Crippen molar-refractivity contribution in [3.05, 3.63) is 36.0 Å². The number of allylic oxidation sites excluding steroid dienone is 5. The van der Waals surface area contributed by atoms with Gasteiger partial charge in [0.2, 0.25) is 0 Å². The van der Waals surface area contributed by atoms with E-state index in [9.17, 15) is 8.78 Å². The molecule has 0 aliphatic rings. The second kappa shape index (κ2) is 4.83. The van der Waals surface area contributed by atoms with Crippen LogP contribution in [0.5, 0.6) is 0 Å². The van der Waals surface area contributed by atoms with Gasteiger partial charge in [0, 0.05) is 0 Å². The standard InChI is InChI=1S/C9H12F2/c1-4-9(8(3)11)6-5-7(2)10/h5-6H,2,4H2,1,3H3/b6-5-,9-8+. The van der Waals surface area contributed by atoms with Gasteiger partial charge in [-0.15, -0.1) is 0 Å². The molecule has 0 saturated carbocycles. The Bertz CT molecular complexity index is 196. The van der Waals surface area contributed by atoms with E-state index in [1.807, 2.05) is 6.92 Å². The third kappa shape index (κ3) is 4.48. The summed E-state index contributed by atoms with van der Waals surface area (Å²) in [5.41, 5.74) is 0.504. The van der Waals surface area contributed by atoms with Crippen LogP contribution in [-0.2, 0) is 0 Å². The van der Waals surface area contributed by atoms with Crippen LogP contribution in [0.4, 0.5) is 8.78 Å². The Kier molecular flexibility index (Phi) is 4.42. The summed E-state index contributed by atoms with van der Waals surface area (Å²) in [6.45, 7) is 6.18. The fourth-order valence-electron chi connectivity index (χ4n) is 0.667. The third-order valence-electron chi connectivity index (χ3n) is 1.29. The first-order valence-electron chi connectivity index (χ1n) is 3.45. The van der Waals surface area contributed by atoms with Gasteiger partial charge in [0.15, 0.2) is 0 Å². The van der Waals surface area contributed by atoms with Gasteiger partial charge < -0.3 is 0 Å². The van der Waals surface area contributed by atoms with Crippen LogP contribution in [0.15, 0.2) is 36.0 Å². The Balaban J connectivity index is 4.33. The zero-order valence-electron chi connectivity index (χ0n) is 6.82. The van der Waals surface area contributed by atoms with Crippen molar-refractivity contribution in [2.24, 2.45) is 0 Å². The lowest BCUT2D eigenvalue weighted by atomic mass is 10.2. The number of hydrogen-bond acceptors (Lipinski definition) is 0. The van der Waals surface area contributed by atoms with E-state index in [1.54, 1.807) is 0 Å². The highest BCUT2D eigenvalue weighted by atomic mass is 19.1. The first kappa shape index (κ1) is 10.1. The quantitative estimate of drug-likeness (QED) is 0.549. The molecule has 0 rings (SSSR count). The van der Waals surface area contributed by atoms with Crippen molar-refractivity contribution >= 4 is 0 Å². The zero-order valence-corrected chi connectivity index (χ0v) is 6.82. The third-order valence-corrected chi connectivity index (χ3v) is 1.29. The highest BCUT2D eigenvalue weighted by Crippen LogP contribution is 2.11. The molecule has 0 bridgehead atoms. The topological polar surface area (TPSA) is 0 Å². The van der Waals surface area contributed by atoms with Gasteiger partial charge in [0.1, 0.15) is 5.83 Å². The van der Waals surface area contributed by atoms with E-state index in [2.05, 4.69) is 6.58 Å². The normalized spacial score (nSPS) is 13.5. The van der Waals surface area contributed by atoms with Crippen molar-refractivity contribution < 1.29 is 8.78 Å². The molecule has 0 aromatic heterocycles. The van der Waals surface area contributed by atoms with Gasteiger partial charge in [-0.25, -0.2) is 8.78 Å². The van der Waals surface area contributed by atoms with E-state index in [4.69, 9.17) is 0 Å². The lowest BCUT2D eigenvalue weighted by molar-refractivity contribution is 0.626. The molecule has 0 nitrogen and oxygen atoms in total. The molecule has 0 aromatic rings. The molecule has 0 aromatic carbocycles. The van der Waals surface area contributed by atoms with Gasteiger partial charge >= 0.3 is 0 Å². The smallest absolute Gasteiger partial charge is 0.116 e. The first-order valence-corrected chi connectivity index (χ1v) is 3.45. The van der Waals surface area contributed by atoms with Crippen molar-refractivity contribution in [2.45, 2.75) is 20.3 Å². The van der Waals surface area contributed by atoms with Gasteiger partial charge in [0.25, 0.3) is 0 Å². The Morgan fingerprint density at radius 2 is 1.91 bits per heavy atom. The summed E-state index contributed by atoms with van der Waals surface area (Å²) < 4.78 is 24.5. The molecule has 0 saturated heterocycles. The number of rotatable bonds is 3. The number of hydrogen-bond donors (Lipinski definition) is 0. The highest BCUT2D eigenvalue weighted by Gasteiger charge is 1.93. The molecule has 2 heteroatoms. The largest absolute Gasteiger partial charge is 0.212 e. The molecule has 0 aliphatic heterocycles. The molecule has 0 spiro atoms. The summed E-state index contributed by atoms with van der Waals surface area (Å²) in [6, 6.07) is 0. The van der Waals surface area contributed by atoms with Crippen LogP contribution < -0.4 is 0 Å². The van der Waals surface area contributed by atoms with Crippen molar-refractivity contribution in [3.63, 3.8) is 0 Å². The molecular weight excluding hydrogens is 146 g/mol. The van der Waals surface area contributed by atoms with Crippen molar-refractivity contribution in [1.82, 2.24) is 0 Å². The molecular formula is C9H12F2. The van der Waals surface area contributed by atoms with E-state index in [-0.39, 0.29) is 5.83 Å². The molecule has 0 aliphatic carbocycles. The van der Waals surface area contributed by atoms with E-state index < -0.39 is 5.83 Å². The van der Waals surface area contributed by atoms with Crippen LogP contribution in [0.3, 0.4) is 0 Å². The second-order valence-electron chi connectivity index (χ2n) is 2.19. The summed E-state index contributed by atoms with van der Waals surface area (Å²) in [5.74, 6) is -0.831. The van der Waals surface area contributed by atoms with Crippen molar-refractivity contribution in [2.75, 3.05) is 0 Å². The van der Waals surface area contributed by atoms with Crippen LogP contribution in [-0.4, -0.2) is 0 Å². The van der Waals surface area contributed by atoms with Crippen LogP contribution in [0, 0.1) is 0 Å². The minimum Gasteiger partial charge on any atom is -0.212 e. The molecule has 62 valence electrons. The Morgan fingerprint density at radius 3 is 2.18 bits per heavy atom. The Labute approximate surface area is 65.9 Å². The van der Waals surface area contributed by atoms with Crippen molar-refractivity contribution in [1.29, 1.82) is 0 Å². The summed E-state index contributed by atoms with van der Waals surface area (Å²) >= 11 is 0. The van der Waals surface area contributed by atoms with Crippen LogP contribution in [0.25, 0.3) is 0 Å². The molecule has 0 N–H and O–H groups in total. The molecule has 0 heterocycles.